The molecular weight excluding hydrogens is 400 g/mol. The lowest BCUT2D eigenvalue weighted by molar-refractivity contribution is -0.131. The summed E-state index contributed by atoms with van der Waals surface area (Å²) in [5.41, 5.74) is 2.35. The van der Waals surface area contributed by atoms with E-state index in [4.69, 9.17) is 17.0 Å². The molecule has 7 nitrogen and oxygen atoms in total. The van der Waals surface area contributed by atoms with Gasteiger partial charge in [-0.3, -0.25) is 14.9 Å². The van der Waals surface area contributed by atoms with Crippen LogP contribution in [0, 0.1) is 0 Å². The normalized spacial score (nSPS) is 13.5. The highest BCUT2D eigenvalue weighted by Gasteiger charge is 2.20. The molecule has 1 saturated heterocycles. The molecule has 0 spiro atoms. The lowest BCUT2D eigenvalue weighted by Crippen LogP contribution is -2.48. The van der Waals surface area contributed by atoms with E-state index in [1.165, 1.54) is 0 Å². The van der Waals surface area contributed by atoms with Crippen LogP contribution in [0.3, 0.4) is 0 Å². The summed E-state index contributed by atoms with van der Waals surface area (Å²) in [6.45, 7) is 5.01. The Balaban J connectivity index is 1.52. The summed E-state index contributed by atoms with van der Waals surface area (Å²) in [6.07, 6.45) is 0.550. The van der Waals surface area contributed by atoms with Crippen LogP contribution < -0.4 is 20.3 Å². The predicted molar refractivity (Wildman–Crippen MR) is 122 cm³/mol. The predicted octanol–water partition coefficient (Wildman–Crippen LogP) is 2.88. The maximum absolute atomic E-state index is 12.3. The van der Waals surface area contributed by atoms with E-state index in [1.807, 2.05) is 36.1 Å². The fourth-order valence-corrected chi connectivity index (χ4v) is 3.51. The van der Waals surface area contributed by atoms with E-state index >= 15 is 0 Å². The molecule has 0 aromatic heterocycles. The zero-order valence-electron chi connectivity index (χ0n) is 17.2. The third-order valence-electron chi connectivity index (χ3n) is 4.98. The number of anilines is 2. The molecule has 158 valence electrons. The number of amides is 2. The Bertz CT molecular complexity index is 909. The van der Waals surface area contributed by atoms with Gasteiger partial charge in [-0.2, -0.15) is 0 Å². The maximum atomic E-state index is 12.3. The van der Waals surface area contributed by atoms with Crippen molar-refractivity contribution in [1.29, 1.82) is 0 Å². The topological polar surface area (TPSA) is 73.9 Å². The Morgan fingerprint density at radius 2 is 1.77 bits per heavy atom. The number of hydrogen-bond donors (Lipinski definition) is 2. The molecule has 2 N–H and O–H groups in total. The minimum atomic E-state index is -0.303. The van der Waals surface area contributed by atoms with E-state index in [1.54, 1.807) is 31.4 Å². The van der Waals surface area contributed by atoms with Crippen LogP contribution in [0.1, 0.15) is 23.7 Å². The standard InChI is InChI=1S/C22H26N4O3S/c1-3-20(27)26-13-11-25(12-14-26)18-9-7-17(8-10-18)23-22(30)24-21(28)16-5-4-6-19(15-16)29-2/h4-10,15H,3,11-14H2,1-2H3,(H2,23,24,28,30). The minimum absolute atomic E-state index is 0.207. The molecule has 2 aromatic rings. The van der Waals surface area contributed by atoms with Crippen LogP contribution in [0.5, 0.6) is 5.75 Å². The number of ether oxygens (including phenoxy) is 1. The fraction of sp³-hybridized carbons (Fsp3) is 0.318. The number of methoxy groups -OCH3 is 1. The Morgan fingerprint density at radius 3 is 2.40 bits per heavy atom. The second-order valence-corrected chi connectivity index (χ2v) is 7.32. The number of nitrogens with zero attached hydrogens (tertiary/aromatic N) is 2. The second-order valence-electron chi connectivity index (χ2n) is 6.91. The third kappa shape index (κ3) is 5.48. The molecule has 1 fully saturated rings. The van der Waals surface area contributed by atoms with Crippen LogP contribution in [0.2, 0.25) is 0 Å². The number of benzene rings is 2. The van der Waals surface area contributed by atoms with Gasteiger partial charge in [0.25, 0.3) is 5.91 Å². The van der Waals surface area contributed by atoms with E-state index in [9.17, 15) is 9.59 Å². The first kappa shape index (κ1) is 21.6. The third-order valence-corrected chi connectivity index (χ3v) is 5.19. The number of hydrogen-bond acceptors (Lipinski definition) is 5. The zero-order valence-corrected chi connectivity index (χ0v) is 18.0. The Morgan fingerprint density at radius 1 is 1.07 bits per heavy atom. The van der Waals surface area contributed by atoms with Gasteiger partial charge in [0.15, 0.2) is 5.11 Å². The maximum Gasteiger partial charge on any atom is 0.257 e. The molecule has 1 heterocycles. The van der Waals surface area contributed by atoms with Crippen molar-refractivity contribution in [2.75, 3.05) is 43.5 Å². The average Bonchev–Trinajstić information content (AvgIpc) is 2.79. The monoisotopic (exact) mass is 426 g/mol. The molecule has 0 aliphatic carbocycles. The van der Waals surface area contributed by atoms with Crippen molar-refractivity contribution < 1.29 is 14.3 Å². The summed E-state index contributed by atoms with van der Waals surface area (Å²) >= 11 is 5.26. The first-order chi connectivity index (χ1) is 14.5. The van der Waals surface area contributed by atoms with E-state index in [2.05, 4.69) is 15.5 Å². The second kappa shape index (κ2) is 10.1. The molecular formula is C22H26N4O3S. The number of nitrogens with one attached hydrogen (secondary N) is 2. The molecule has 2 amide bonds. The van der Waals surface area contributed by atoms with Gasteiger partial charge >= 0.3 is 0 Å². The molecule has 3 rings (SSSR count). The van der Waals surface area contributed by atoms with Crippen LogP contribution in [0.15, 0.2) is 48.5 Å². The summed E-state index contributed by atoms with van der Waals surface area (Å²) < 4.78 is 5.14. The van der Waals surface area contributed by atoms with E-state index in [0.717, 1.165) is 37.6 Å². The highest BCUT2D eigenvalue weighted by molar-refractivity contribution is 7.80. The number of carbonyl (C=O) groups excluding carboxylic acids is 2. The Hall–Kier alpha value is -3.13. The number of thiocarbonyl (C=S) groups is 1. The average molecular weight is 427 g/mol. The highest BCUT2D eigenvalue weighted by Crippen LogP contribution is 2.20. The van der Waals surface area contributed by atoms with Crippen molar-refractivity contribution in [3.8, 4) is 5.75 Å². The minimum Gasteiger partial charge on any atom is -0.497 e. The van der Waals surface area contributed by atoms with Gasteiger partial charge in [0.2, 0.25) is 5.91 Å². The van der Waals surface area contributed by atoms with E-state index in [0.29, 0.717) is 17.7 Å². The Labute approximate surface area is 182 Å². The van der Waals surface area contributed by atoms with Crippen molar-refractivity contribution in [2.24, 2.45) is 0 Å². The summed E-state index contributed by atoms with van der Waals surface area (Å²) in [6, 6.07) is 14.7. The first-order valence-electron chi connectivity index (χ1n) is 9.89. The van der Waals surface area contributed by atoms with Gasteiger partial charge in [0.05, 0.1) is 7.11 Å². The molecule has 0 bridgehead atoms. The van der Waals surface area contributed by atoms with Crippen LogP contribution in [0.25, 0.3) is 0 Å². The number of piperazine rings is 1. The molecule has 2 aromatic carbocycles. The largest absolute Gasteiger partial charge is 0.497 e. The SMILES string of the molecule is CCC(=O)N1CCN(c2ccc(NC(=S)NC(=O)c3cccc(OC)c3)cc2)CC1. The number of carbonyl (C=O) groups is 2. The van der Waals surface area contributed by atoms with Crippen LogP contribution >= 0.6 is 12.2 Å². The Kier molecular flexibility index (Phi) is 7.24. The lowest BCUT2D eigenvalue weighted by Gasteiger charge is -2.36. The molecule has 8 heteroatoms. The van der Waals surface area contributed by atoms with Crippen LogP contribution in [0.4, 0.5) is 11.4 Å². The summed E-state index contributed by atoms with van der Waals surface area (Å²) in [5.74, 6) is 0.512. The van der Waals surface area contributed by atoms with Gasteiger partial charge in [0, 0.05) is 49.5 Å². The number of rotatable bonds is 5. The van der Waals surface area contributed by atoms with Crippen molar-refractivity contribution in [1.82, 2.24) is 10.2 Å². The molecule has 30 heavy (non-hydrogen) atoms. The lowest BCUT2D eigenvalue weighted by atomic mass is 10.2. The highest BCUT2D eigenvalue weighted by atomic mass is 32.1. The van der Waals surface area contributed by atoms with Crippen LogP contribution in [-0.4, -0.2) is 55.1 Å². The summed E-state index contributed by atoms with van der Waals surface area (Å²) in [7, 11) is 1.55. The van der Waals surface area contributed by atoms with Crippen molar-refractivity contribution in [2.45, 2.75) is 13.3 Å². The molecule has 0 radical (unpaired) electrons. The summed E-state index contributed by atoms with van der Waals surface area (Å²) in [5, 5.41) is 5.92. The van der Waals surface area contributed by atoms with Crippen molar-refractivity contribution in [3.05, 3.63) is 54.1 Å². The smallest absolute Gasteiger partial charge is 0.257 e. The molecule has 0 atom stereocenters. The molecule has 0 saturated carbocycles. The van der Waals surface area contributed by atoms with Gasteiger partial charge < -0.3 is 19.9 Å². The van der Waals surface area contributed by atoms with E-state index in [-0.39, 0.29) is 16.9 Å². The molecule has 1 aliphatic rings. The van der Waals surface area contributed by atoms with Crippen molar-refractivity contribution >= 4 is 40.5 Å². The van der Waals surface area contributed by atoms with Crippen molar-refractivity contribution in [3.63, 3.8) is 0 Å². The molecule has 1 aliphatic heterocycles. The zero-order chi connectivity index (χ0) is 21.5. The van der Waals surface area contributed by atoms with Gasteiger partial charge in [-0.25, -0.2) is 0 Å². The van der Waals surface area contributed by atoms with Gasteiger partial charge in [-0.05, 0) is 54.7 Å². The van der Waals surface area contributed by atoms with Crippen LogP contribution in [-0.2, 0) is 4.79 Å². The van der Waals surface area contributed by atoms with Gasteiger partial charge in [-0.1, -0.05) is 13.0 Å². The first-order valence-corrected chi connectivity index (χ1v) is 10.3. The van der Waals surface area contributed by atoms with Gasteiger partial charge in [0.1, 0.15) is 5.75 Å². The van der Waals surface area contributed by atoms with E-state index < -0.39 is 0 Å². The fourth-order valence-electron chi connectivity index (χ4n) is 3.30. The molecule has 0 unspecified atom stereocenters. The van der Waals surface area contributed by atoms with Gasteiger partial charge in [-0.15, -0.1) is 0 Å². The quantitative estimate of drug-likeness (QED) is 0.717. The summed E-state index contributed by atoms with van der Waals surface area (Å²) in [4.78, 5) is 28.3.